The molecule has 11 heteroatoms. The van der Waals surface area contributed by atoms with Crippen molar-refractivity contribution in [1.29, 1.82) is 0 Å². The van der Waals surface area contributed by atoms with E-state index in [0.717, 1.165) is 30.4 Å². The van der Waals surface area contributed by atoms with Gasteiger partial charge < -0.3 is 19.8 Å². The highest BCUT2D eigenvalue weighted by atomic mass is 35.5. The van der Waals surface area contributed by atoms with Crippen LogP contribution in [0.1, 0.15) is 51.3 Å². The molecule has 1 aliphatic rings. The molecule has 2 aromatic rings. The molecule has 0 bridgehead atoms. The second-order valence-corrected chi connectivity index (χ2v) is 12.6. The average Bonchev–Trinajstić information content (AvgIpc) is 3.13. The first-order valence-electron chi connectivity index (χ1n) is 12.1. The van der Waals surface area contributed by atoms with E-state index in [1.165, 1.54) is 12.1 Å². The van der Waals surface area contributed by atoms with Crippen molar-refractivity contribution < 1.29 is 24.4 Å². The number of nitro benzene ring substituents is 1. The molecule has 0 radical (unpaired) electrons. The molecule has 1 saturated carbocycles. The summed E-state index contributed by atoms with van der Waals surface area (Å²) in [4.78, 5) is 36.8. The predicted molar refractivity (Wildman–Crippen MR) is 141 cm³/mol. The van der Waals surface area contributed by atoms with E-state index in [0.29, 0.717) is 31.4 Å². The van der Waals surface area contributed by atoms with E-state index in [4.69, 9.17) is 16.6 Å². The highest BCUT2D eigenvalue weighted by Crippen LogP contribution is 2.41. The molecule has 1 fully saturated rings. The number of anilines is 1. The monoisotopic (exact) mass is 539 g/mol. The second kappa shape index (κ2) is 11.6. The van der Waals surface area contributed by atoms with Gasteiger partial charge in [-0.2, -0.15) is 0 Å². The minimum atomic E-state index is -4.58. The Hall–Kier alpha value is -2.03. The summed E-state index contributed by atoms with van der Waals surface area (Å²) in [6, 6.07) is 9.51. The number of hydrogen-bond donors (Lipinski definition) is 3. The van der Waals surface area contributed by atoms with Crippen LogP contribution in [0.4, 0.5) is 11.5 Å². The fraction of sp³-hybridized carbons (Fsp3) is 0.560. The first-order chi connectivity index (χ1) is 16.8. The molecule has 1 aliphatic carbocycles. The fourth-order valence-corrected chi connectivity index (χ4v) is 5.94. The Kier molecular flexibility index (Phi) is 9.17. The van der Waals surface area contributed by atoms with E-state index in [1.54, 1.807) is 0 Å². The average molecular weight is 540 g/mol. The van der Waals surface area contributed by atoms with E-state index in [2.05, 4.69) is 25.7 Å². The van der Waals surface area contributed by atoms with Gasteiger partial charge in [-0.15, -0.1) is 11.6 Å². The van der Waals surface area contributed by atoms with Crippen molar-refractivity contribution in [2.75, 3.05) is 18.1 Å². The van der Waals surface area contributed by atoms with Crippen LogP contribution in [0.3, 0.4) is 0 Å². The number of hydrogen-bond acceptors (Lipinski definition) is 6. The van der Waals surface area contributed by atoms with Crippen molar-refractivity contribution in [3.05, 3.63) is 57.8 Å². The van der Waals surface area contributed by atoms with Crippen LogP contribution in [-0.4, -0.2) is 48.9 Å². The Morgan fingerprint density at radius 3 is 2.53 bits per heavy atom. The number of aliphatic hydroxyl groups is 1. The topological polar surface area (TPSA) is 137 Å². The molecule has 0 spiro atoms. The Morgan fingerprint density at radius 1 is 1.19 bits per heavy atom. The van der Waals surface area contributed by atoms with Gasteiger partial charge in [0, 0.05) is 47.8 Å². The number of halogens is 1. The maximum Gasteiger partial charge on any atom is 0.356 e. The molecule has 0 saturated heterocycles. The molecular weight excluding hydrogens is 505 g/mol. The number of aliphatic hydroxyl groups excluding tert-OH is 1. The van der Waals surface area contributed by atoms with Gasteiger partial charge in [0.15, 0.2) is 0 Å². The highest BCUT2D eigenvalue weighted by Gasteiger charge is 2.38. The van der Waals surface area contributed by atoms with Gasteiger partial charge in [0.2, 0.25) is 0 Å². The molecule has 198 valence electrons. The van der Waals surface area contributed by atoms with Gasteiger partial charge in [0.05, 0.1) is 10.2 Å². The molecule has 2 unspecified atom stereocenters. The summed E-state index contributed by atoms with van der Waals surface area (Å²) in [6.45, 7) is 7.06. The number of rotatable bonds is 10. The van der Waals surface area contributed by atoms with E-state index >= 15 is 0 Å². The SMILES string of the molecule is CC(C)(C)N(CC1C(Cl)CC[C@@H]1CCc1ccc(P(=O)(O)O)cc1[N+](=O)[O-])c1cccc(CCO)n1. The first-order valence-corrected chi connectivity index (χ1v) is 14.2. The largest absolute Gasteiger partial charge is 0.396 e. The lowest BCUT2D eigenvalue weighted by Crippen LogP contribution is -2.46. The molecule has 0 amide bonds. The third-order valence-corrected chi connectivity index (χ3v) is 8.40. The van der Waals surface area contributed by atoms with Crippen LogP contribution < -0.4 is 10.2 Å². The van der Waals surface area contributed by atoms with Crippen LogP contribution in [-0.2, 0) is 17.4 Å². The molecule has 0 aliphatic heterocycles. The van der Waals surface area contributed by atoms with Crippen molar-refractivity contribution in [3.63, 3.8) is 0 Å². The van der Waals surface area contributed by atoms with E-state index in [1.807, 2.05) is 18.2 Å². The van der Waals surface area contributed by atoms with Crippen LogP contribution >= 0.6 is 19.2 Å². The summed E-state index contributed by atoms with van der Waals surface area (Å²) >= 11 is 6.80. The van der Waals surface area contributed by atoms with Gasteiger partial charge >= 0.3 is 7.60 Å². The van der Waals surface area contributed by atoms with Crippen molar-refractivity contribution in [1.82, 2.24) is 4.98 Å². The summed E-state index contributed by atoms with van der Waals surface area (Å²) in [5.41, 5.74) is 0.779. The third-order valence-electron chi connectivity index (χ3n) is 6.91. The van der Waals surface area contributed by atoms with E-state index in [9.17, 15) is 29.6 Å². The van der Waals surface area contributed by atoms with Crippen LogP contribution in [0.15, 0.2) is 36.4 Å². The minimum absolute atomic E-state index is 0.0295. The molecule has 3 rings (SSSR count). The molecular formula is C25H35ClN3O6P. The Balaban J connectivity index is 1.81. The smallest absolute Gasteiger partial charge is 0.356 e. The van der Waals surface area contributed by atoms with Gasteiger partial charge in [-0.05, 0) is 76.5 Å². The first kappa shape index (κ1) is 28.5. The summed E-state index contributed by atoms with van der Waals surface area (Å²) < 4.78 is 11.6. The third kappa shape index (κ3) is 7.05. The van der Waals surface area contributed by atoms with Crippen molar-refractivity contribution in [3.8, 4) is 0 Å². The zero-order valence-corrected chi connectivity index (χ0v) is 22.5. The summed E-state index contributed by atoms with van der Waals surface area (Å²) in [5.74, 6) is 1.20. The lowest BCUT2D eigenvalue weighted by atomic mass is 9.88. The predicted octanol–water partition coefficient (Wildman–Crippen LogP) is 4.20. The maximum atomic E-state index is 11.6. The second-order valence-electron chi connectivity index (χ2n) is 10.4. The van der Waals surface area contributed by atoms with Gasteiger partial charge in [-0.3, -0.25) is 14.7 Å². The minimum Gasteiger partial charge on any atom is -0.396 e. The highest BCUT2D eigenvalue weighted by molar-refractivity contribution is 7.60. The number of nitrogens with zero attached hydrogens (tertiary/aromatic N) is 3. The van der Waals surface area contributed by atoms with E-state index in [-0.39, 0.29) is 40.4 Å². The lowest BCUT2D eigenvalue weighted by molar-refractivity contribution is -0.385. The Labute approximate surface area is 216 Å². The van der Waals surface area contributed by atoms with Gasteiger partial charge in [-0.1, -0.05) is 12.1 Å². The lowest BCUT2D eigenvalue weighted by Gasteiger charge is -2.40. The Bertz CT molecular complexity index is 1120. The number of nitro groups is 1. The fourth-order valence-electron chi connectivity index (χ4n) is 4.97. The molecule has 3 atom stereocenters. The molecule has 1 aromatic carbocycles. The van der Waals surface area contributed by atoms with Crippen LogP contribution in [0, 0.1) is 22.0 Å². The van der Waals surface area contributed by atoms with Gasteiger partial charge in [0.25, 0.3) is 5.69 Å². The Morgan fingerprint density at radius 2 is 1.92 bits per heavy atom. The quantitative estimate of drug-likeness (QED) is 0.177. The standard InChI is InChI=1S/C25H35ClN3O6P/c1-25(2,3)28(24-6-4-5-19(27-24)13-14-30)16-21-17(10-12-22(21)26)7-8-18-9-11-20(36(33,34)35)15-23(18)29(31)32/h4-6,9,11,15,17,21-22,30H,7-8,10,12-14,16H2,1-3H3,(H2,33,34,35)/t17-,21?,22?/m0/s1. The number of pyridine rings is 1. The molecule has 1 aromatic heterocycles. The van der Waals surface area contributed by atoms with Crippen molar-refractivity contribution in [2.45, 2.75) is 63.8 Å². The summed E-state index contributed by atoms with van der Waals surface area (Å²) in [6.07, 6.45) is 3.34. The van der Waals surface area contributed by atoms with Gasteiger partial charge in [-0.25, -0.2) is 4.98 Å². The zero-order valence-electron chi connectivity index (χ0n) is 20.9. The zero-order chi connectivity index (χ0) is 26.7. The van der Waals surface area contributed by atoms with E-state index < -0.39 is 12.5 Å². The van der Waals surface area contributed by atoms with Crippen LogP contribution in [0.25, 0.3) is 0 Å². The number of aryl methyl sites for hydroxylation is 1. The number of benzene rings is 1. The van der Waals surface area contributed by atoms with Crippen molar-refractivity contribution in [2.24, 2.45) is 11.8 Å². The van der Waals surface area contributed by atoms with Gasteiger partial charge in [0.1, 0.15) is 5.82 Å². The number of aromatic nitrogens is 1. The van der Waals surface area contributed by atoms with Crippen LogP contribution in [0.2, 0.25) is 0 Å². The summed E-state index contributed by atoms with van der Waals surface area (Å²) in [5, 5.41) is 20.5. The summed E-state index contributed by atoms with van der Waals surface area (Å²) in [7, 11) is -4.58. The van der Waals surface area contributed by atoms with Crippen LogP contribution in [0.5, 0.6) is 0 Å². The van der Waals surface area contributed by atoms with Crippen molar-refractivity contribution >= 4 is 36.0 Å². The number of alkyl halides is 1. The molecule has 3 N–H and O–H groups in total. The molecule has 9 nitrogen and oxygen atoms in total. The molecule has 1 heterocycles. The molecule has 36 heavy (non-hydrogen) atoms. The normalized spacial score (nSPS) is 20.5. The maximum absolute atomic E-state index is 11.6.